The van der Waals surface area contributed by atoms with E-state index < -0.39 is 11.9 Å². The number of aliphatic carboxylic acids is 1. The minimum absolute atomic E-state index is 0.0676. The number of amides is 1. The van der Waals surface area contributed by atoms with Crippen LogP contribution >= 0.6 is 0 Å². The van der Waals surface area contributed by atoms with Crippen LogP contribution in [0.4, 0.5) is 0 Å². The lowest BCUT2D eigenvalue weighted by Crippen LogP contribution is -2.47. The van der Waals surface area contributed by atoms with Gasteiger partial charge in [0.15, 0.2) is 0 Å². The molecule has 0 spiro atoms. The lowest BCUT2D eigenvalue weighted by Gasteiger charge is -2.36. The first kappa shape index (κ1) is 16.5. The first-order valence-corrected chi connectivity index (χ1v) is 8.11. The van der Waals surface area contributed by atoms with Gasteiger partial charge in [-0.2, -0.15) is 0 Å². The van der Waals surface area contributed by atoms with Crippen LogP contribution in [0.25, 0.3) is 0 Å². The number of likely N-dealkylation sites (tertiary alicyclic amines) is 1. The highest BCUT2D eigenvalue weighted by atomic mass is 16.4. The zero-order valence-corrected chi connectivity index (χ0v) is 13.4. The lowest BCUT2D eigenvalue weighted by molar-refractivity contribution is -0.147. The van der Waals surface area contributed by atoms with Crippen molar-refractivity contribution in [2.24, 2.45) is 5.92 Å². The first-order chi connectivity index (χ1) is 10.5. The number of rotatable bonds is 5. The van der Waals surface area contributed by atoms with Gasteiger partial charge in [-0.05, 0) is 43.7 Å². The molecule has 1 aromatic rings. The highest BCUT2D eigenvalue weighted by molar-refractivity contribution is 5.78. The van der Waals surface area contributed by atoms with Crippen molar-refractivity contribution in [1.82, 2.24) is 4.90 Å². The quantitative estimate of drug-likeness (QED) is 0.910. The highest BCUT2D eigenvalue weighted by Crippen LogP contribution is 2.23. The predicted molar refractivity (Wildman–Crippen MR) is 85.7 cm³/mol. The molecule has 2 rings (SSSR count). The molecule has 120 valence electrons. The number of hydrogen-bond acceptors (Lipinski definition) is 2. The van der Waals surface area contributed by atoms with Crippen molar-refractivity contribution in [3.8, 4) is 0 Å². The van der Waals surface area contributed by atoms with Gasteiger partial charge in [0.1, 0.15) is 0 Å². The Labute approximate surface area is 132 Å². The maximum Gasteiger partial charge on any atom is 0.308 e. The summed E-state index contributed by atoms with van der Waals surface area (Å²) in [4.78, 5) is 25.3. The van der Waals surface area contributed by atoms with Crippen molar-refractivity contribution in [2.45, 2.75) is 52.0 Å². The molecular weight excluding hydrogens is 278 g/mol. The average Bonchev–Trinajstić information content (AvgIpc) is 2.53. The molecule has 1 aliphatic rings. The van der Waals surface area contributed by atoms with Gasteiger partial charge in [0.2, 0.25) is 5.91 Å². The van der Waals surface area contributed by atoms with Crippen molar-refractivity contribution >= 4 is 11.9 Å². The molecule has 2 atom stereocenters. The Hall–Kier alpha value is -1.84. The summed E-state index contributed by atoms with van der Waals surface area (Å²) < 4.78 is 0. The van der Waals surface area contributed by atoms with Crippen molar-refractivity contribution in [1.29, 1.82) is 0 Å². The molecule has 1 aliphatic heterocycles. The van der Waals surface area contributed by atoms with Crippen molar-refractivity contribution in [3.63, 3.8) is 0 Å². The van der Waals surface area contributed by atoms with Gasteiger partial charge in [0.05, 0.1) is 5.92 Å². The fourth-order valence-electron chi connectivity index (χ4n) is 2.99. The Morgan fingerprint density at radius 2 is 1.82 bits per heavy atom. The van der Waals surface area contributed by atoms with E-state index in [0.717, 1.165) is 18.4 Å². The first-order valence-electron chi connectivity index (χ1n) is 8.11. The van der Waals surface area contributed by atoms with Gasteiger partial charge in [-0.15, -0.1) is 0 Å². The Balaban J connectivity index is 1.91. The van der Waals surface area contributed by atoms with Crippen LogP contribution in [-0.2, 0) is 22.4 Å². The fourth-order valence-corrected chi connectivity index (χ4v) is 2.99. The zero-order chi connectivity index (χ0) is 16.1. The Kier molecular flexibility index (Phi) is 5.58. The van der Waals surface area contributed by atoms with E-state index >= 15 is 0 Å². The SMILES string of the molecule is CCc1ccc(CCC(=O)N2CC(C(=O)O)CCC2C)cc1. The van der Waals surface area contributed by atoms with Crippen LogP contribution in [0.2, 0.25) is 0 Å². The molecular formula is C18H25NO3. The molecule has 1 amide bonds. The second kappa shape index (κ2) is 7.43. The largest absolute Gasteiger partial charge is 0.481 e. The van der Waals surface area contributed by atoms with E-state index in [9.17, 15) is 9.59 Å². The average molecular weight is 303 g/mol. The van der Waals surface area contributed by atoms with E-state index in [4.69, 9.17) is 5.11 Å². The minimum Gasteiger partial charge on any atom is -0.481 e. The standard InChI is InChI=1S/C18H25NO3/c1-3-14-5-7-15(8-6-14)9-11-17(20)19-12-16(18(21)22)10-4-13(19)2/h5-8,13,16H,3-4,9-12H2,1-2H3,(H,21,22). The van der Waals surface area contributed by atoms with E-state index in [-0.39, 0.29) is 11.9 Å². The number of carboxylic acid groups (broad SMARTS) is 1. The molecule has 2 unspecified atom stereocenters. The van der Waals surface area contributed by atoms with E-state index in [2.05, 4.69) is 31.2 Å². The Bertz CT molecular complexity index is 524. The third-order valence-corrected chi connectivity index (χ3v) is 4.61. The van der Waals surface area contributed by atoms with E-state index in [1.165, 1.54) is 5.56 Å². The summed E-state index contributed by atoms with van der Waals surface area (Å²) in [5, 5.41) is 9.14. The molecule has 0 aromatic heterocycles. The van der Waals surface area contributed by atoms with Crippen LogP contribution in [0.3, 0.4) is 0 Å². The number of carbonyl (C=O) groups excluding carboxylic acids is 1. The minimum atomic E-state index is -0.792. The zero-order valence-electron chi connectivity index (χ0n) is 13.4. The number of carboxylic acids is 1. The predicted octanol–water partition coefficient (Wildman–Crippen LogP) is 2.89. The molecule has 1 fully saturated rings. The number of hydrogen-bond donors (Lipinski definition) is 1. The molecule has 0 saturated carbocycles. The second-order valence-corrected chi connectivity index (χ2v) is 6.18. The van der Waals surface area contributed by atoms with Gasteiger partial charge < -0.3 is 10.0 Å². The summed E-state index contributed by atoms with van der Waals surface area (Å²) >= 11 is 0. The van der Waals surface area contributed by atoms with Gasteiger partial charge in [-0.3, -0.25) is 9.59 Å². The number of piperidine rings is 1. The molecule has 1 saturated heterocycles. The molecule has 4 nitrogen and oxygen atoms in total. The Morgan fingerprint density at radius 3 is 2.41 bits per heavy atom. The van der Waals surface area contributed by atoms with Crippen LogP contribution < -0.4 is 0 Å². The molecule has 0 aliphatic carbocycles. The summed E-state index contributed by atoms with van der Waals surface area (Å²) in [6.45, 7) is 4.48. The van der Waals surface area contributed by atoms with Crippen molar-refractivity contribution in [3.05, 3.63) is 35.4 Å². The molecule has 0 radical (unpaired) electrons. The third-order valence-electron chi connectivity index (χ3n) is 4.61. The maximum atomic E-state index is 12.4. The summed E-state index contributed by atoms with van der Waals surface area (Å²) in [6, 6.07) is 8.50. The molecule has 1 N–H and O–H groups in total. The van der Waals surface area contributed by atoms with Crippen LogP contribution in [0.5, 0.6) is 0 Å². The number of benzene rings is 1. The van der Waals surface area contributed by atoms with E-state index in [1.54, 1.807) is 4.90 Å². The van der Waals surface area contributed by atoms with Crippen LogP contribution in [0.1, 0.15) is 44.2 Å². The number of aryl methyl sites for hydroxylation is 2. The number of carbonyl (C=O) groups is 2. The van der Waals surface area contributed by atoms with E-state index in [1.807, 2.05) is 6.92 Å². The van der Waals surface area contributed by atoms with Crippen LogP contribution in [-0.4, -0.2) is 34.5 Å². The van der Waals surface area contributed by atoms with Gasteiger partial charge >= 0.3 is 5.97 Å². The topological polar surface area (TPSA) is 57.6 Å². The van der Waals surface area contributed by atoms with Crippen LogP contribution in [0, 0.1) is 5.92 Å². The summed E-state index contributed by atoms with van der Waals surface area (Å²) in [7, 11) is 0. The van der Waals surface area contributed by atoms with Gasteiger partial charge in [-0.1, -0.05) is 31.2 Å². The molecule has 0 bridgehead atoms. The second-order valence-electron chi connectivity index (χ2n) is 6.18. The van der Waals surface area contributed by atoms with Gasteiger partial charge in [-0.25, -0.2) is 0 Å². The summed E-state index contributed by atoms with van der Waals surface area (Å²) in [5.74, 6) is -1.14. The Morgan fingerprint density at radius 1 is 1.18 bits per heavy atom. The summed E-state index contributed by atoms with van der Waals surface area (Å²) in [5.41, 5.74) is 2.45. The highest BCUT2D eigenvalue weighted by Gasteiger charge is 2.32. The van der Waals surface area contributed by atoms with Gasteiger partial charge in [0, 0.05) is 19.0 Å². The van der Waals surface area contributed by atoms with Crippen LogP contribution in [0.15, 0.2) is 24.3 Å². The molecule has 1 heterocycles. The fraction of sp³-hybridized carbons (Fsp3) is 0.556. The molecule has 1 aromatic carbocycles. The normalized spacial score (nSPS) is 21.6. The van der Waals surface area contributed by atoms with Gasteiger partial charge in [0.25, 0.3) is 0 Å². The van der Waals surface area contributed by atoms with E-state index in [0.29, 0.717) is 25.8 Å². The third kappa shape index (κ3) is 4.09. The lowest BCUT2D eigenvalue weighted by atomic mass is 9.93. The monoisotopic (exact) mass is 303 g/mol. The molecule has 22 heavy (non-hydrogen) atoms. The summed E-state index contributed by atoms with van der Waals surface area (Å²) in [6.07, 6.45) is 3.61. The number of nitrogens with zero attached hydrogens (tertiary/aromatic N) is 1. The smallest absolute Gasteiger partial charge is 0.308 e. The molecule has 4 heteroatoms. The van der Waals surface area contributed by atoms with Crippen molar-refractivity contribution in [2.75, 3.05) is 6.54 Å². The maximum absolute atomic E-state index is 12.4. The van der Waals surface area contributed by atoms with Crippen molar-refractivity contribution < 1.29 is 14.7 Å².